The molecule has 3 rings (SSSR count). The Morgan fingerprint density at radius 2 is 2.00 bits per heavy atom. The lowest BCUT2D eigenvalue weighted by Gasteiger charge is -2.29. The SMILES string of the molecule is COc1cccc(C(=O)NC2CCC(Oc3ccc(Cl)cn3)CC2)c1. The second-order valence-electron chi connectivity index (χ2n) is 6.11. The van der Waals surface area contributed by atoms with Crippen LogP contribution in [-0.2, 0) is 0 Å². The number of amides is 1. The van der Waals surface area contributed by atoms with Gasteiger partial charge in [-0.25, -0.2) is 4.98 Å². The monoisotopic (exact) mass is 360 g/mol. The van der Waals surface area contributed by atoms with Gasteiger partial charge in [-0.3, -0.25) is 4.79 Å². The van der Waals surface area contributed by atoms with Crippen molar-refractivity contribution in [1.82, 2.24) is 10.3 Å². The fourth-order valence-electron chi connectivity index (χ4n) is 2.96. The molecule has 1 aliphatic rings. The summed E-state index contributed by atoms with van der Waals surface area (Å²) >= 11 is 5.83. The van der Waals surface area contributed by atoms with Crippen LogP contribution in [0.15, 0.2) is 42.6 Å². The number of rotatable bonds is 5. The van der Waals surface area contributed by atoms with Gasteiger partial charge in [0.2, 0.25) is 5.88 Å². The Morgan fingerprint density at radius 1 is 1.20 bits per heavy atom. The first-order chi connectivity index (χ1) is 12.1. The summed E-state index contributed by atoms with van der Waals surface area (Å²) in [6, 6.07) is 10.9. The van der Waals surface area contributed by atoms with Gasteiger partial charge >= 0.3 is 0 Å². The van der Waals surface area contributed by atoms with Gasteiger partial charge in [-0.15, -0.1) is 0 Å². The molecular formula is C19H21ClN2O3. The molecule has 0 radical (unpaired) electrons. The number of hydrogen-bond donors (Lipinski definition) is 1. The van der Waals surface area contributed by atoms with E-state index in [9.17, 15) is 4.79 Å². The van der Waals surface area contributed by atoms with E-state index in [1.807, 2.05) is 12.1 Å². The summed E-state index contributed by atoms with van der Waals surface area (Å²) in [7, 11) is 1.59. The van der Waals surface area contributed by atoms with Crippen LogP contribution >= 0.6 is 11.6 Å². The zero-order valence-electron chi connectivity index (χ0n) is 14.1. The molecule has 0 aliphatic heterocycles. The minimum atomic E-state index is -0.0670. The van der Waals surface area contributed by atoms with Crippen molar-refractivity contribution in [3.05, 3.63) is 53.2 Å². The third-order valence-corrected chi connectivity index (χ3v) is 4.55. The van der Waals surface area contributed by atoms with Gasteiger partial charge < -0.3 is 14.8 Å². The second kappa shape index (κ2) is 8.21. The molecular weight excluding hydrogens is 340 g/mol. The van der Waals surface area contributed by atoms with Crippen molar-refractivity contribution in [3.63, 3.8) is 0 Å². The molecule has 0 bridgehead atoms. The van der Waals surface area contributed by atoms with E-state index in [0.717, 1.165) is 25.7 Å². The molecule has 1 heterocycles. The standard InChI is InChI=1S/C19H21ClN2O3/c1-24-17-4-2-3-13(11-17)19(23)22-15-6-8-16(9-7-15)25-18-10-5-14(20)12-21-18/h2-5,10-12,15-16H,6-9H2,1H3,(H,22,23). The van der Waals surface area contributed by atoms with Crippen molar-refractivity contribution in [3.8, 4) is 11.6 Å². The van der Waals surface area contributed by atoms with Gasteiger partial charge in [0.1, 0.15) is 11.9 Å². The van der Waals surface area contributed by atoms with E-state index in [4.69, 9.17) is 21.1 Å². The molecule has 0 unspecified atom stereocenters. The number of ether oxygens (including phenoxy) is 2. The van der Waals surface area contributed by atoms with Crippen LogP contribution in [0.3, 0.4) is 0 Å². The third-order valence-electron chi connectivity index (χ3n) is 4.33. The minimum Gasteiger partial charge on any atom is -0.497 e. The third kappa shape index (κ3) is 4.86. The molecule has 2 aromatic rings. The number of nitrogens with one attached hydrogen (secondary N) is 1. The van der Waals surface area contributed by atoms with Crippen LogP contribution in [0.1, 0.15) is 36.0 Å². The van der Waals surface area contributed by atoms with Crippen LogP contribution < -0.4 is 14.8 Å². The molecule has 0 saturated heterocycles. The van der Waals surface area contributed by atoms with Crippen molar-refractivity contribution < 1.29 is 14.3 Å². The van der Waals surface area contributed by atoms with E-state index in [2.05, 4.69) is 10.3 Å². The largest absolute Gasteiger partial charge is 0.497 e. The number of benzene rings is 1. The van der Waals surface area contributed by atoms with Crippen LogP contribution in [0.5, 0.6) is 11.6 Å². The molecule has 25 heavy (non-hydrogen) atoms. The lowest BCUT2D eigenvalue weighted by atomic mass is 9.92. The average molecular weight is 361 g/mol. The van der Waals surface area contributed by atoms with Crippen LogP contribution in [0, 0.1) is 0 Å². The van der Waals surface area contributed by atoms with Gasteiger partial charge in [0.15, 0.2) is 0 Å². The van der Waals surface area contributed by atoms with Crippen molar-refractivity contribution in [1.29, 1.82) is 0 Å². The lowest BCUT2D eigenvalue weighted by molar-refractivity contribution is 0.0890. The van der Waals surface area contributed by atoms with Gasteiger partial charge in [0.25, 0.3) is 5.91 Å². The molecule has 132 valence electrons. The molecule has 1 N–H and O–H groups in total. The number of methoxy groups -OCH3 is 1. The Kier molecular flexibility index (Phi) is 5.76. The predicted octanol–water partition coefficient (Wildman–Crippen LogP) is 3.86. The van der Waals surface area contributed by atoms with E-state index in [-0.39, 0.29) is 18.1 Å². The molecule has 0 spiro atoms. The van der Waals surface area contributed by atoms with Crippen LogP contribution in [0.25, 0.3) is 0 Å². The van der Waals surface area contributed by atoms with Crippen molar-refractivity contribution in [2.75, 3.05) is 7.11 Å². The first-order valence-corrected chi connectivity index (χ1v) is 8.75. The zero-order chi connectivity index (χ0) is 17.6. The van der Waals surface area contributed by atoms with E-state index in [1.54, 1.807) is 37.6 Å². The fourth-order valence-corrected chi connectivity index (χ4v) is 3.07. The summed E-state index contributed by atoms with van der Waals surface area (Å²) in [4.78, 5) is 16.5. The van der Waals surface area contributed by atoms with Gasteiger partial charge in [0, 0.05) is 23.9 Å². The summed E-state index contributed by atoms with van der Waals surface area (Å²) in [5.41, 5.74) is 0.614. The van der Waals surface area contributed by atoms with Crippen LogP contribution in [-0.4, -0.2) is 30.1 Å². The Hall–Kier alpha value is -2.27. The second-order valence-corrected chi connectivity index (χ2v) is 6.55. The average Bonchev–Trinajstić information content (AvgIpc) is 2.65. The topological polar surface area (TPSA) is 60.5 Å². The molecule has 1 aromatic carbocycles. The van der Waals surface area contributed by atoms with Gasteiger partial charge in [0.05, 0.1) is 12.1 Å². The Morgan fingerprint density at radius 3 is 2.68 bits per heavy atom. The number of halogens is 1. The molecule has 1 aliphatic carbocycles. The highest BCUT2D eigenvalue weighted by molar-refractivity contribution is 6.30. The number of carbonyl (C=O) groups excluding carboxylic acids is 1. The normalized spacial score (nSPS) is 19.9. The first-order valence-electron chi connectivity index (χ1n) is 8.37. The van der Waals surface area contributed by atoms with E-state index < -0.39 is 0 Å². The first kappa shape index (κ1) is 17.5. The number of pyridine rings is 1. The van der Waals surface area contributed by atoms with Gasteiger partial charge in [-0.05, 0) is 49.9 Å². The smallest absolute Gasteiger partial charge is 0.251 e. The van der Waals surface area contributed by atoms with E-state index in [1.165, 1.54) is 0 Å². The fraction of sp³-hybridized carbons (Fsp3) is 0.368. The number of aromatic nitrogens is 1. The van der Waals surface area contributed by atoms with E-state index in [0.29, 0.717) is 22.2 Å². The Bertz CT molecular complexity index is 713. The maximum atomic E-state index is 12.4. The van der Waals surface area contributed by atoms with E-state index >= 15 is 0 Å². The van der Waals surface area contributed by atoms with Gasteiger partial charge in [-0.2, -0.15) is 0 Å². The zero-order valence-corrected chi connectivity index (χ0v) is 14.8. The summed E-state index contributed by atoms with van der Waals surface area (Å²) in [5.74, 6) is 1.20. The molecule has 5 nitrogen and oxygen atoms in total. The van der Waals surface area contributed by atoms with Crippen LogP contribution in [0.2, 0.25) is 5.02 Å². The molecule has 0 atom stereocenters. The Labute approximate surface area is 152 Å². The lowest BCUT2D eigenvalue weighted by Crippen LogP contribution is -2.39. The summed E-state index contributed by atoms with van der Waals surface area (Å²) in [6.45, 7) is 0. The summed E-state index contributed by atoms with van der Waals surface area (Å²) in [5, 5.41) is 3.69. The quantitative estimate of drug-likeness (QED) is 0.879. The number of carbonyl (C=O) groups is 1. The highest BCUT2D eigenvalue weighted by Crippen LogP contribution is 2.24. The number of hydrogen-bond acceptors (Lipinski definition) is 4. The van der Waals surface area contributed by atoms with Crippen molar-refractivity contribution in [2.45, 2.75) is 37.8 Å². The van der Waals surface area contributed by atoms with Crippen LogP contribution in [0.4, 0.5) is 0 Å². The van der Waals surface area contributed by atoms with Crippen molar-refractivity contribution in [2.24, 2.45) is 0 Å². The number of nitrogens with zero attached hydrogens (tertiary/aromatic N) is 1. The molecule has 1 amide bonds. The predicted molar refractivity (Wildman–Crippen MR) is 96.4 cm³/mol. The highest BCUT2D eigenvalue weighted by atomic mass is 35.5. The summed E-state index contributed by atoms with van der Waals surface area (Å²) < 4.78 is 11.0. The summed E-state index contributed by atoms with van der Waals surface area (Å²) in [6.07, 6.45) is 5.23. The van der Waals surface area contributed by atoms with Crippen molar-refractivity contribution >= 4 is 17.5 Å². The molecule has 1 fully saturated rings. The Balaban J connectivity index is 1.48. The highest BCUT2D eigenvalue weighted by Gasteiger charge is 2.24. The molecule has 1 aromatic heterocycles. The molecule has 1 saturated carbocycles. The maximum Gasteiger partial charge on any atom is 0.251 e. The molecule has 6 heteroatoms. The van der Waals surface area contributed by atoms with Gasteiger partial charge in [-0.1, -0.05) is 17.7 Å². The minimum absolute atomic E-state index is 0.0670. The maximum absolute atomic E-state index is 12.4.